The molecule has 1 aromatic rings. The number of hydrogen-bond donors (Lipinski definition) is 1. The van der Waals surface area contributed by atoms with Gasteiger partial charge < -0.3 is 14.8 Å². The number of methoxy groups -OCH3 is 2. The van der Waals surface area contributed by atoms with E-state index in [0.29, 0.717) is 17.1 Å². The van der Waals surface area contributed by atoms with Crippen LogP contribution < -0.4 is 14.8 Å². The fraction of sp³-hybridized carbons (Fsp3) is 0.588. The number of hydrogen-bond acceptors (Lipinski definition) is 3. The monoisotopic (exact) mass is 417 g/mol. The van der Waals surface area contributed by atoms with Gasteiger partial charge in [-0.2, -0.15) is 0 Å². The molecule has 0 saturated heterocycles. The third kappa shape index (κ3) is 4.51. The molecule has 0 radical (unpaired) electrons. The van der Waals surface area contributed by atoms with E-state index in [-0.39, 0.29) is 5.91 Å². The molecule has 0 unspecified atom stereocenters. The first kappa shape index (κ1) is 17.4. The minimum Gasteiger partial charge on any atom is -0.493 e. The smallest absolute Gasteiger partial charge is 0.252 e. The summed E-state index contributed by atoms with van der Waals surface area (Å²) >= 11 is 2.15. The van der Waals surface area contributed by atoms with Crippen LogP contribution in [-0.4, -0.2) is 26.7 Å². The van der Waals surface area contributed by atoms with Gasteiger partial charge in [0.05, 0.1) is 19.8 Å². The Kier molecular flexibility index (Phi) is 6.79. The highest BCUT2D eigenvalue weighted by molar-refractivity contribution is 14.1. The molecule has 5 heteroatoms. The molecule has 1 N–H and O–H groups in total. The lowest BCUT2D eigenvalue weighted by atomic mass is 10.0. The average Bonchev–Trinajstić information content (AvgIpc) is 3.04. The van der Waals surface area contributed by atoms with E-state index >= 15 is 0 Å². The van der Waals surface area contributed by atoms with Crippen molar-refractivity contribution in [2.24, 2.45) is 5.92 Å². The molecule has 122 valence electrons. The fourth-order valence-corrected chi connectivity index (χ4v) is 3.70. The van der Waals surface area contributed by atoms with Gasteiger partial charge in [-0.15, -0.1) is 0 Å². The van der Waals surface area contributed by atoms with Gasteiger partial charge in [0.15, 0.2) is 11.5 Å². The molecule has 0 atom stereocenters. The molecule has 0 aromatic heterocycles. The lowest BCUT2D eigenvalue weighted by Crippen LogP contribution is -2.25. The third-order valence-electron chi connectivity index (χ3n) is 4.27. The Bertz CT molecular complexity index is 513. The Morgan fingerprint density at radius 3 is 2.50 bits per heavy atom. The van der Waals surface area contributed by atoms with Crippen LogP contribution in [0, 0.1) is 9.49 Å². The summed E-state index contributed by atoms with van der Waals surface area (Å²) < 4.78 is 11.4. The number of benzene rings is 1. The Morgan fingerprint density at radius 1 is 1.23 bits per heavy atom. The van der Waals surface area contributed by atoms with E-state index in [0.717, 1.165) is 22.5 Å². The van der Waals surface area contributed by atoms with E-state index in [4.69, 9.17) is 9.47 Å². The predicted molar refractivity (Wildman–Crippen MR) is 95.8 cm³/mol. The number of ether oxygens (including phenoxy) is 2. The number of amides is 1. The van der Waals surface area contributed by atoms with Gasteiger partial charge in [0.1, 0.15) is 0 Å². The summed E-state index contributed by atoms with van der Waals surface area (Å²) in [4.78, 5) is 12.3. The highest BCUT2D eigenvalue weighted by atomic mass is 127. The first-order chi connectivity index (χ1) is 10.7. The molecule has 0 spiro atoms. The van der Waals surface area contributed by atoms with Crippen molar-refractivity contribution in [3.05, 3.63) is 21.3 Å². The molecule has 0 heterocycles. The first-order valence-electron chi connectivity index (χ1n) is 7.85. The third-order valence-corrected chi connectivity index (χ3v) is 5.16. The minimum atomic E-state index is -0.0447. The maximum Gasteiger partial charge on any atom is 0.252 e. The number of rotatable bonds is 7. The zero-order valence-electron chi connectivity index (χ0n) is 13.3. The normalized spacial score (nSPS) is 14.9. The first-order valence-corrected chi connectivity index (χ1v) is 8.93. The topological polar surface area (TPSA) is 47.6 Å². The second-order valence-corrected chi connectivity index (χ2v) is 6.90. The lowest BCUT2D eigenvalue weighted by Gasteiger charge is -2.13. The molecule has 1 amide bonds. The van der Waals surface area contributed by atoms with Gasteiger partial charge in [-0.05, 0) is 53.5 Å². The molecule has 4 nitrogen and oxygen atoms in total. The lowest BCUT2D eigenvalue weighted by molar-refractivity contribution is 0.0951. The van der Waals surface area contributed by atoms with Crippen LogP contribution in [-0.2, 0) is 0 Å². The molecule has 2 rings (SSSR count). The van der Waals surface area contributed by atoms with E-state index in [1.165, 1.54) is 32.1 Å². The quantitative estimate of drug-likeness (QED) is 0.539. The predicted octanol–water partition coefficient (Wildman–Crippen LogP) is 4.01. The van der Waals surface area contributed by atoms with Crippen LogP contribution in [0.3, 0.4) is 0 Å². The second kappa shape index (κ2) is 8.60. The van der Waals surface area contributed by atoms with E-state index in [2.05, 4.69) is 27.9 Å². The van der Waals surface area contributed by atoms with E-state index in [1.54, 1.807) is 20.3 Å². The molecular formula is C17H24INO3. The summed E-state index contributed by atoms with van der Waals surface area (Å²) in [6, 6.07) is 3.57. The fourth-order valence-electron chi connectivity index (χ4n) is 3.02. The van der Waals surface area contributed by atoms with Crippen LogP contribution in [0.1, 0.15) is 48.9 Å². The molecular weight excluding hydrogens is 393 g/mol. The van der Waals surface area contributed by atoms with Crippen LogP contribution in [0.2, 0.25) is 0 Å². The van der Waals surface area contributed by atoms with Crippen LogP contribution in [0.5, 0.6) is 11.5 Å². The van der Waals surface area contributed by atoms with Crippen molar-refractivity contribution in [2.45, 2.75) is 38.5 Å². The van der Waals surface area contributed by atoms with Crippen molar-refractivity contribution in [1.82, 2.24) is 5.32 Å². The molecule has 1 aliphatic rings. The Balaban J connectivity index is 1.88. The van der Waals surface area contributed by atoms with Crippen molar-refractivity contribution in [1.29, 1.82) is 0 Å². The maximum atomic E-state index is 12.3. The molecule has 0 aliphatic heterocycles. The van der Waals surface area contributed by atoms with Crippen LogP contribution in [0.4, 0.5) is 0 Å². The molecule has 1 aliphatic carbocycles. The van der Waals surface area contributed by atoms with Gasteiger partial charge in [0.25, 0.3) is 5.91 Å². The van der Waals surface area contributed by atoms with Gasteiger partial charge in [0, 0.05) is 10.1 Å². The zero-order chi connectivity index (χ0) is 15.9. The van der Waals surface area contributed by atoms with Gasteiger partial charge >= 0.3 is 0 Å². The van der Waals surface area contributed by atoms with E-state index in [1.807, 2.05) is 6.07 Å². The van der Waals surface area contributed by atoms with Gasteiger partial charge in [-0.3, -0.25) is 4.79 Å². The zero-order valence-corrected chi connectivity index (χ0v) is 15.4. The molecule has 22 heavy (non-hydrogen) atoms. The van der Waals surface area contributed by atoms with Crippen LogP contribution in [0.25, 0.3) is 0 Å². The number of carbonyl (C=O) groups is 1. The summed E-state index contributed by atoms with van der Waals surface area (Å²) in [5.41, 5.74) is 0.638. The summed E-state index contributed by atoms with van der Waals surface area (Å²) in [6.45, 7) is 0.736. The number of carbonyl (C=O) groups excluding carboxylic acids is 1. The summed E-state index contributed by atoms with van der Waals surface area (Å²) in [7, 11) is 3.17. The largest absolute Gasteiger partial charge is 0.493 e. The van der Waals surface area contributed by atoms with Crippen molar-refractivity contribution < 1.29 is 14.3 Å². The average molecular weight is 417 g/mol. The Labute approximate surface area is 146 Å². The van der Waals surface area contributed by atoms with Crippen molar-refractivity contribution in [2.75, 3.05) is 20.8 Å². The summed E-state index contributed by atoms with van der Waals surface area (Å²) in [5, 5.41) is 3.01. The van der Waals surface area contributed by atoms with Crippen molar-refractivity contribution >= 4 is 28.5 Å². The van der Waals surface area contributed by atoms with E-state index in [9.17, 15) is 4.79 Å². The molecule has 1 fully saturated rings. The summed E-state index contributed by atoms with van der Waals surface area (Å²) in [6.07, 6.45) is 7.76. The summed E-state index contributed by atoms with van der Waals surface area (Å²) in [5.74, 6) is 2.05. The minimum absolute atomic E-state index is 0.0447. The SMILES string of the molecule is COc1cc(I)c(C(=O)NCCCC2CCCC2)cc1OC. The standard InChI is InChI=1S/C17H24INO3/c1-21-15-10-13(14(18)11-16(15)22-2)17(20)19-9-5-8-12-6-3-4-7-12/h10-12H,3-9H2,1-2H3,(H,19,20). The molecule has 0 bridgehead atoms. The van der Waals surface area contributed by atoms with Gasteiger partial charge in [0.2, 0.25) is 0 Å². The number of nitrogens with one attached hydrogen (secondary N) is 1. The van der Waals surface area contributed by atoms with Crippen molar-refractivity contribution in [3.63, 3.8) is 0 Å². The van der Waals surface area contributed by atoms with Crippen LogP contribution >= 0.6 is 22.6 Å². The molecule has 1 saturated carbocycles. The molecule has 1 aromatic carbocycles. The van der Waals surface area contributed by atoms with Crippen LogP contribution in [0.15, 0.2) is 12.1 Å². The maximum absolute atomic E-state index is 12.3. The Hall–Kier alpha value is -0.980. The highest BCUT2D eigenvalue weighted by Crippen LogP contribution is 2.31. The number of halogens is 1. The Morgan fingerprint density at radius 2 is 1.86 bits per heavy atom. The highest BCUT2D eigenvalue weighted by Gasteiger charge is 2.16. The van der Waals surface area contributed by atoms with E-state index < -0.39 is 0 Å². The second-order valence-electron chi connectivity index (χ2n) is 5.74. The van der Waals surface area contributed by atoms with Crippen molar-refractivity contribution in [3.8, 4) is 11.5 Å². The van der Waals surface area contributed by atoms with Gasteiger partial charge in [-0.1, -0.05) is 25.7 Å². The van der Waals surface area contributed by atoms with Gasteiger partial charge in [-0.25, -0.2) is 0 Å².